The molecule has 0 saturated heterocycles. The molecule has 0 N–H and O–H groups in total. The van der Waals surface area contributed by atoms with Gasteiger partial charge in [-0.2, -0.15) is 0 Å². The Bertz CT molecular complexity index is 891. The Hall–Kier alpha value is -2.45. The molecule has 0 amide bonds. The van der Waals surface area contributed by atoms with Gasteiger partial charge in [0.05, 0.1) is 40.3 Å². The monoisotopic (exact) mass is 678 g/mol. The maximum Gasteiger partial charge on any atom is 0.306 e. The number of ether oxygens (including phenoxy) is 3. The van der Waals surface area contributed by atoms with Crippen LogP contribution in [0.15, 0.2) is 36.5 Å². The number of likely N-dealkylation sites (N-methyl/N-ethyl adjacent to an activating group) is 1. The largest absolute Gasteiger partial charge is 0.544 e. The van der Waals surface area contributed by atoms with Crippen LogP contribution in [-0.4, -0.2) is 75.5 Å². The van der Waals surface area contributed by atoms with Crippen LogP contribution < -0.4 is 5.11 Å². The molecule has 0 rings (SSSR count). The molecule has 48 heavy (non-hydrogen) atoms. The molecule has 2 atom stereocenters. The highest BCUT2D eigenvalue weighted by atomic mass is 16.6. The number of esters is 2. The van der Waals surface area contributed by atoms with E-state index in [1.165, 1.54) is 51.4 Å². The van der Waals surface area contributed by atoms with Crippen molar-refractivity contribution >= 4 is 17.9 Å². The molecule has 0 fully saturated rings. The van der Waals surface area contributed by atoms with Crippen LogP contribution in [0, 0.1) is 0 Å². The van der Waals surface area contributed by atoms with Gasteiger partial charge in [-0.15, -0.1) is 0 Å². The fraction of sp³-hybridized carbons (Fsp3) is 0.775. The van der Waals surface area contributed by atoms with Crippen molar-refractivity contribution in [1.29, 1.82) is 0 Å². The van der Waals surface area contributed by atoms with Crippen molar-refractivity contribution in [3.63, 3.8) is 0 Å². The van der Waals surface area contributed by atoms with Gasteiger partial charge in [-0.25, -0.2) is 0 Å². The second kappa shape index (κ2) is 31.8. The van der Waals surface area contributed by atoms with E-state index in [-0.39, 0.29) is 42.7 Å². The van der Waals surface area contributed by atoms with Gasteiger partial charge in [0.1, 0.15) is 12.6 Å². The molecule has 0 aliphatic carbocycles. The van der Waals surface area contributed by atoms with Crippen LogP contribution in [0.4, 0.5) is 0 Å². The lowest BCUT2D eigenvalue weighted by Crippen LogP contribution is -2.55. The molecule has 0 radical (unpaired) electrons. The highest BCUT2D eigenvalue weighted by molar-refractivity contribution is 5.70. The summed E-state index contributed by atoms with van der Waals surface area (Å²) in [5, 5.41) is 11.6. The zero-order chi connectivity index (χ0) is 35.7. The molecule has 2 unspecified atom stereocenters. The Kier molecular flexibility index (Phi) is 30.2. The Morgan fingerprint density at radius 2 is 1.12 bits per heavy atom. The number of quaternary nitrogens is 1. The molecule has 0 spiro atoms. The predicted molar refractivity (Wildman–Crippen MR) is 194 cm³/mol. The standard InChI is InChI=1S/C40H71NO7/c1-6-8-10-12-14-16-18-19-21-23-25-27-29-31-39(43)48-36(34-46-33-32-37(40(44)45)41(3,4)5)35-47-38(42)30-28-26-24-22-20-17-15-13-11-9-7-2/h13,15,17,19-21,36-37H,6-12,14,16,18,22-35H2,1-5H3/b15-13+,20-17+,21-19+. The van der Waals surface area contributed by atoms with Crippen molar-refractivity contribution in [2.75, 3.05) is 41.0 Å². The van der Waals surface area contributed by atoms with Gasteiger partial charge in [0.2, 0.25) is 0 Å². The number of rotatable bonds is 33. The van der Waals surface area contributed by atoms with Crippen LogP contribution >= 0.6 is 0 Å². The average molecular weight is 678 g/mol. The van der Waals surface area contributed by atoms with Crippen LogP contribution in [0.1, 0.15) is 149 Å². The van der Waals surface area contributed by atoms with E-state index in [4.69, 9.17) is 14.2 Å². The van der Waals surface area contributed by atoms with Crippen molar-refractivity contribution in [1.82, 2.24) is 0 Å². The molecular formula is C40H71NO7. The predicted octanol–water partition coefficient (Wildman–Crippen LogP) is 8.18. The number of carboxylic acids is 1. The summed E-state index contributed by atoms with van der Waals surface area (Å²) in [5.41, 5.74) is 0. The number of hydrogen-bond acceptors (Lipinski definition) is 7. The quantitative estimate of drug-likeness (QED) is 0.0227. The van der Waals surface area contributed by atoms with Crippen molar-refractivity contribution in [2.45, 2.75) is 161 Å². The minimum Gasteiger partial charge on any atom is -0.544 e. The number of carboxylic acid groups (broad SMARTS) is 1. The first kappa shape index (κ1) is 45.6. The summed E-state index contributed by atoms with van der Waals surface area (Å²) in [5.74, 6) is -1.80. The van der Waals surface area contributed by atoms with E-state index in [0.717, 1.165) is 64.2 Å². The van der Waals surface area contributed by atoms with E-state index in [1.54, 1.807) is 21.1 Å². The zero-order valence-electron chi connectivity index (χ0n) is 31.4. The van der Waals surface area contributed by atoms with Gasteiger partial charge in [-0.05, 0) is 57.8 Å². The molecule has 0 saturated carbocycles. The lowest BCUT2D eigenvalue weighted by Gasteiger charge is -2.34. The van der Waals surface area contributed by atoms with Gasteiger partial charge in [-0.3, -0.25) is 9.59 Å². The molecule has 0 heterocycles. The summed E-state index contributed by atoms with van der Waals surface area (Å²) >= 11 is 0. The number of carbonyl (C=O) groups is 3. The van der Waals surface area contributed by atoms with E-state index < -0.39 is 18.1 Å². The van der Waals surface area contributed by atoms with Gasteiger partial charge in [0, 0.05) is 19.3 Å². The third-order valence-electron chi connectivity index (χ3n) is 8.28. The first-order valence-corrected chi connectivity index (χ1v) is 19.0. The van der Waals surface area contributed by atoms with Crippen LogP contribution in [0.25, 0.3) is 0 Å². The number of allylic oxidation sites excluding steroid dienone is 6. The second-order valence-corrected chi connectivity index (χ2v) is 13.8. The summed E-state index contributed by atoms with van der Waals surface area (Å²) in [7, 11) is 5.38. The first-order valence-electron chi connectivity index (χ1n) is 19.0. The molecule has 0 aromatic rings. The summed E-state index contributed by atoms with van der Waals surface area (Å²) in [6.07, 6.45) is 33.1. The average Bonchev–Trinajstić information content (AvgIpc) is 3.03. The van der Waals surface area contributed by atoms with Gasteiger partial charge < -0.3 is 28.6 Å². The molecule has 0 aromatic heterocycles. The fourth-order valence-corrected chi connectivity index (χ4v) is 5.22. The maximum absolute atomic E-state index is 12.6. The van der Waals surface area contributed by atoms with Crippen molar-refractivity contribution in [2.24, 2.45) is 0 Å². The fourth-order valence-electron chi connectivity index (χ4n) is 5.22. The SMILES string of the molecule is CCCC/C=C/C=C/CCCCCC(=O)OCC(COCCC(C(=O)[O-])[N+](C)(C)C)OC(=O)CCCCC/C=C/CCCCCCCC. The number of nitrogens with zero attached hydrogens (tertiary/aromatic N) is 1. The Morgan fingerprint density at radius 3 is 1.69 bits per heavy atom. The molecule has 0 bridgehead atoms. The van der Waals surface area contributed by atoms with Crippen molar-refractivity contribution in [3.05, 3.63) is 36.5 Å². The first-order chi connectivity index (χ1) is 23.1. The third kappa shape index (κ3) is 29.7. The van der Waals surface area contributed by atoms with Crippen molar-refractivity contribution in [3.8, 4) is 0 Å². The summed E-state index contributed by atoms with van der Waals surface area (Å²) in [6, 6.07) is -0.730. The van der Waals surface area contributed by atoms with Gasteiger partial charge >= 0.3 is 11.9 Å². The summed E-state index contributed by atoms with van der Waals surface area (Å²) < 4.78 is 17.0. The van der Waals surface area contributed by atoms with Crippen molar-refractivity contribution < 1.29 is 38.2 Å². The molecule has 0 aromatic carbocycles. The Balaban J connectivity index is 4.50. The van der Waals surface area contributed by atoms with Crippen LogP contribution in [-0.2, 0) is 28.6 Å². The van der Waals surface area contributed by atoms with E-state index in [1.807, 2.05) is 0 Å². The van der Waals surface area contributed by atoms with E-state index >= 15 is 0 Å². The molecule has 0 aliphatic heterocycles. The topological polar surface area (TPSA) is 102 Å². The second-order valence-electron chi connectivity index (χ2n) is 13.8. The summed E-state index contributed by atoms with van der Waals surface area (Å²) in [6.45, 7) is 4.53. The minimum atomic E-state index is -1.13. The van der Waals surface area contributed by atoms with Crippen LogP contribution in [0.5, 0.6) is 0 Å². The van der Waals surface area contributed by atoms with E-state index in [2.05, 4.69) is 50.3 Å². The minimum absolute atomic E-state index is 0.0263. The molecule has 0 aliphatic rings. The van der Waals surface area contributed by atoms with Gasteiger partial charge in [0.15, 0.2) is 6.10 Å². The zero-order valence-corrected chi connectivity index (χ0v) is 31.4. The number of carbonyl (C=O) groups excluding carboxylic acids is 3. The highest BCUT2D eigenvalue weighted by Crippen LogP contribution is 2.12. The smallest absolute Gasteiger partial charge is 0.306 e. The molecule has 8 nitrogen and oxygen atoms in total. The molecular weight excluding hydrogens is 606 g/mol. The van der Waals surface area contributed by atoms with Gasteiger partial charge in [-0.1, -0.05) is 108 Å². The number of unbranched alkanes of at least 4 members (excludes halogenated alkanes) is 14. The van der Waals surface area contributed by atoms with E-state index in [0.29, 0.717) is 12.8 Å². The lowest BCUT2D eigenvalue weighted by atomic mass is 10.1. The van der Waals surface area contributed by atoms with Crippen LogP contribution in [0.3, 0.4) is 0 Å². The van der Waals surface area contributed by atoms with Crippen LogP contribution in [0.2, 0.25) is 0 Å². The number of hydrogen-bond donors (Lipinski definition) is 0. The number of aliphatic carboxylic acids is 1. The Morgan fingerprint density at radius 1 is 0.625 bits per heavy atom. The van der Waals surface area contributed by atoms with Gasteiger partial charge in [0.25, 0.3) is 0 Å². The highest BCUT2D eigenvalue weighted by Gasteiger charge is 2.25. The Labute approximate surface area is 293 Å². The summed E-state index contributed by atoms with van der Waals surface area (Å²) in [4.78, 5) is 36.6. The van der Waals surface area contributed by atoms with E-state index in [9.17, 15) is 19.5 Å². The lowest BCUT2D eigenvalue weighted by molar-refractivity contribution is -0.889. The normalized spacial score (nSPS) is 13.4. The molecule has 8 heteroatoms. The third-order valence-corrected chi connectivity index (χ3v) is 8.28. The molecule has 278 valence electrons. The maximum atomic E-state index is 12.6.